The number of ether oxygens (including phenoxy) is 2. The van der Waals surface area contributed by atoms with E-state index in [9.17, 15) is 14.9 Å². The van der Waals surface area contributed by atoms with E-state index in [-0.39, 0.29) is 30.5 Å². The van der Waals surface area contributed by atoms with Gasteiger partial charge in [-0.2, -0.15) is 5.10 Å². The molecule has 4 aromatic rings. The largest absolute Gasteiger partial charge is 0.479 e. The van der Waals surface area contributed by atoms with Crippen LogP contribution in [0.3, 0.4) is 0 Å². The molecule has 0 aliphatic rings. The van der Waals surface area contributed by atoms with Crippen LogP contribution in [0.5, 0.6) is 11.5 Å². The maximum atomic E-state index is 12.5. The zero-order chi connectivity index (χ0) is 24.1. The van der Waals surface area contributed by atoms with Crippen LogP contribution in [-0.4, -0.2) is 20.6 Å². The average Bonchev–Trinajstić information content (AvgIpc) is 3.47. The van der Waals surface area contributed by atoms with Gasteiger partial charge < -0.3 is 19.2 Å². The van der Waals surface area contributed by atoms with E-state index in [0.717, 1.165) is 16.9 Å². The Morgan fingerprint density at radius 2 is 1.94 bits per heavy atom. The summed E-state index contributed by atoms with van der Waals surface area (Å²) in [6.07, 6.45) is 3.15. The molecule has 0 saturated carbocycles. The van der Waals surface area contributed by atoms with Crippen LogP contribution in [0.4, 0.5) is 11.4 Å². The highest BCUT2D eigenvalue weighted by Gasteiger charge is 2.16. The highest BCUT2D eigenvalue weighted by atomic mass is 16.6. The topological polar surface area (TPSA) is 122 Å². The number of nitro groups is 1. The first-order valence-corrected chi connectivity index (χ1v) is 10.4. The fourth-order valence-electron chi connectivity index (χ4n) is 3.24. The maximum Gasteiger partial charge on any atom is 0.310 e. The number of aromatic nitrogens is 2. The van der Waals surface area contributed by atoms with Crippen molar-refractivity contribution >= 4 is 17.3 Å². The van der Waals surface area contributed by atoms with E-state index in [2.05, 4.69) is 10.4 Å². The quantitative estimate of drug-likeness (QED) is 0.278. The van der Waals surface area contributed by atoms with E-state index < -0.39 is 10.8 Å². The van der Waals surface area contributed by atoms with Gasteiger partial charge in [0, 0.05) is 6.07 Å². The molecule has 4 rings (SSSR count). The number of para-hydroxylation sites is 2. The summed E-state index contributed by atoms with van der Waals surface area (Å²) < 4.78 is 18.3. The van der Waals surface area contributed by atoms with Gasteiger partial charge in [0.05, 0.1) is 23.0 Å². The fourth-order valence-corrected chi connectivity index (χ4v) is 3.24. The number of hydrogen-bond donors (Lipinski definition) is 1. The standard InChI is InChI=1S/C24H22N4O6/c1-16-7-9-21(17(2)11-16)33-15-27-13-18(12-25-27)26-24(29)23-10-8-19(34-23)14-32-22-6-4-3-5-20(22)28(30)31/h3-13H,14-15H2,1-2H3,(H,26,29). The molecule has 0 saturated heterocycles. The first kappa shape index (κ1) is 22.6. The molecule has 0 fully saturated rings. The number of nitrogens with one attached hydrogen (secondary N) is 1. The minimum Gasteiger partial charge on any atom is -0.479 e. The van der Waals surface area contributed by atoms with Gasteiger partial charge in [0.25, 0.3) is 5.91 Å². The highest BCUT2D eigenvalue weighted by molar-refractivity contribution is 6.02. The van der Waals surface area contributed by atoms with E-state index >= 15 is 0 Å². The van der Waals surface area contributed by atoms with Gasteiger partial charge in [-0.15, -0.1) is 0 Å². The van der Waals surface area contributed by atoms with E-state index in [1.807, 2.05) is 32.0 Å². The summed E-state index contributed by atoms with van der Waals surface area (Å²) in [7, 11) is 0. The highest BCUT2D eigenvalue weighted by Crippen LogP contribution is 2.27. The van der Waals surface area contributed by atoms with Crippen LogP contribution >= 0.6 is 0 Å². The Balaban J connectivity index is 1.32. The number of hydrogen-bond acceptors (Lipinski definition) is 7. The van der Waals surface area contributed by atoms with Crippen LogP contribution in [0.2, 0.25) is 0 Å². The van der Waals surface area contributed by atoms with Gasteiger partial charge in [-0.3, -0.25) is 14.9 Å². The van der Waals surface area contributed by atoms with Gasteiger partial charge in [-0.1, -0.05) is 29.8 Å². The molecule has 10 heteroatoms. The number of benzene rings is 2. The minimum atomic E-state index is -0.524. The summed E-state index contributed by atoms with van der Waals surface area (Å²) in [6, 6.07) is 15.0. The molecule has 2 aromatic carbocycles. The molecule has 0 atom stereocenters. The van der Waals surface area contributed by atoms with Gasteiger partial charge in [-0.05, 0) is 43.7 Å². The van der Waals surface area contributed by atoms with E-state index in [4.69, 9.17) is 13.9 Å². The van der Waals surface area contributed by atoms with Crippen LogP contribution in [0.15, 0.2) is 71.4 Å². The van der Waals surface area contributed by atoms with Crippen molar-refractivity contribution < 1.29 is 23.6 Å². The SMILES string of the molecule is Cc1ccc(OCn2cc(NC(=O)c3ccc(COc4ccccc4[N+](=O)[O-])o3)cn2)c(C)c1. The third-order valence-corrected chi connectivity index (χ3v) is 4.89. The third kappa shape index (κ3) is 5.41. The molecule has 174 valence electrons. The van der Waals surface area contributed by atoms with Crippen LogP contribution < -0.4 is 14.8 Å². The fraction of sp³-hybridized carbons (Fsp3) is 0.167. The van der Waals surface area contributed by atoms with Crippen molar-refractivity contribution in [2.24, 2.45) is 0 Å². The molecule has 2 aromatic heterocycles. The van der Waals surface area contributed by atoms with Gasteiger partial charge in [-0.25, -0.2) is 4.68 Å². The summed E-state index contributed by atoms with van der Waals surface area (Å²) in [4.78, 5) is 23.1. The zero-order valence-electron chi connectivity index (χ0n) is 18.6. The van der Waals surface area contributed by atoms with E-state index in [0.29, 0.717) is 11.4 Å². The lowest BCUT2D eigenvalue weighted by Gasteiger charge is -2.09. The van der Waals surface area contributed by atoms with Crippen LogP contribution in [0, 0.1) is 24.0 Å². The molecule has 0 radical (unpaired) electrons. The Morgan fingerprint density at radius 1 is 1.12 bits per heavy atom. The number of furan rings is 1. The molecule has 2 heterocycles. The van der Waals surface area contributed by atoms with E-state index in [1.54, 1.807) is 29.1 Å². The molecule has 0 unspecified atom stereocenters. The van der Waals surface area contributed by atoms with Gasteiger partial charge >= 0.3 is 5.69 Å². The molecule has 0 aliphatic heterocycles. The molecule has 1 N–H and O–H groups in total. The molecule has 10 nitrogen and oxygen atoms in total. The van der Waals surface area contributed by atoms with Crippen molar-refractivity contribution in [3.63, 3.8) is 0 Å². The number of anilines is 1. The number of nitrogens with zero attached hydrogens (tertiary/aromatic N) is 3. The first-order chi connectivity index (χ1) is 16.4. The normalized spacial score (nSPS) is 10.6. The molecule has 1 amide bonds. The van der Waals surface area contributed by atoms with Crippen molar-refractivity contribution in [3.05, 3.63) is 99.8 Å². The third-order valence-electron chi connectivity index (χ3n) is 4.89. The predicted molar refractivity (Wildman–Crippen MR) is 123 cm³/mol. The maximum absolute atomic E-state index is 12.5. The number of rotatable bonds is 9. The van der Waals surface area contributed by atoms with Crippen molar-refractivity contribution in [1.82, 2.24) is 9.78 Å². The van der Waals surface area contributed by atoms with E-state index in [1.165, 1.54) is 24.4 Å². The predicted octanol–water partition coefficient (Wildman–Crippen LogP) is 4.87. The molecular weight excluding hydrogens is 440 g/mol. The van der Waals surface area contributed by atoms with Crippen molar-refractivity contribution in [2.75, 3.05) is 5.32 Å². The molecule has 34 heavy (non-hydrogen) atoms. The Labute approximate surface area is 194 Å². The second kappa shape index (κ2) is 9.90. The summed E-state index contributed by atoms with van der Waals surface area (Å²) in [5.74, 6) is 0.830. The first-order valence-electron chi connectivity index (χ1n) is 10.4. The van der Waals surface area contributed by atoms with Crippen LogP contribution in [0.1, 0.15) is 27.4 Å². The molecule has 0 spiro atoms. The number of nitro benzene ring substituents is 1. The lowest BCUT2D eigenvalue weighted by atomic mass is 10.1. The second-order valence-corrected chi connectivity index (χ2v) is 7.54. The lowest BCUT2D eigenvalue weighted by molar-refractivity contribution is -0.386. The summed E-state index contributed by atoms with van der Waals surface area (Å²) in [6.45, 7) is 4.11. The summed E-state index contributed by atoms with van der Waals surface area (Å²) >= 11 is 0. The smallest absolute Gasteiger partial charge is 0.310 e. The number of carbonyl (C=O) groups is 1. The van der Waals surface area contributed by atoms with Crippen LogP contribution in [0.25, 0.3) is 0 Å². The minimum absolute atomic E-state index is 0.0637. The summed E-state index contributed by atoms with van der Waals surface area (Å²) in [5, 5.41) is 18.0. The molecule has 0 aliphatic carbocycles. The van der Waals surface area contributed by atoms with Gasteiger partial charge in [0.2, 0.25) is 0 Å². The van der Waals surface area contributed by atoms with Crippen LogP contribution in [-0.2, 0) is 13.3 Å². The zero-order valence-corrected chi connectivity index (χ0v) is 18.6. The van der Waals surface area contributed by atoms with Crippen molar-refractivity contribution in [2.45, 2.75) is 27.2 Å². The number of carbonyl (C=O) groups excluding carboxylic acids is 1. The van der Waals surface area contributed by atoms with Gasteiger partial charge in [0.1, 0.15) is 18.1 Å². The van der Waals surface area contributed by atoms with Crippen molar-refractivity contribution in [1.29, 1.82) is 0 Å². The average molecular weight is 462 g/mol. The Kier molecular flexibility index (Phi) is 6.58. The lowest BCUT2D eigenvalue weighted by Crippen LogP contribution is -2.10. The number of amides is 1. The number of aryl methyl sites for hydroxylation is 2. The Morgan fingerprint density at radius 3 is 2.74 bits per heavy atom. The Bertz CT molecular complexity index is 1330. The monoisotopic (exact) mass is 462 g/mol. The molecular formula is C24H22N4O6. The Hall–Kier alpha value is -4.60. The second-order valence-electron chi connectivity index (χ2n) is 7.54. The van der Waals surface area contributed by atoms with Gasteiger partial charge in [0.15, 0.2) is 18.2 Å². The van der Waals surface area contributed by atoms with Crippen molar-refractivity contribution in [3.8, 4) is 11.5 Å². The summed E-state index contributed by atoms with van der Waals surface area (Å²) in [5.41, 5.74) is 2.51. The molecule has 0 bridgehead atoms.